The summed E-state index contributed by atoms with van der Waals surface area (Å²) in [6.07, 6.45) is 1.79. The first-order chi connectivity index (χ1) is 6.29. The van der Waals surface area contributed by atoms with Gasteiger partial charge in [0.25, 0.3) is 0 Å². The quantitative estimate of drug-likeness (QED) is 0.690. The second-order valence-electron chi connectivity index (χ2n) is 2.67. The normalized spacial score (nSPS) is 10.3. The van der Waals surface area contributed by atoms with Crippen molar-refractivity contribution in [3.05, 3.63) is 23.7 Å². The van der Waals surface area contributed by atoms with Gasteiger partial charge < -0.3 is 14.9 Å². The van der Waals surface area contributed by atoms with Gasteiger partial charge in [0.15, 0.2) is 11.5 Å². The minimum atomic E-state index is -0.0699. The SMILES string of the molecule is COCc1ccoc1C(=O)CCN. The highest BCUT2D eigenvalue weighted by molar-refractivity contribution is 5.94. The molecule has 0 aliphatic heterocycles. The van der Waals surface area contributed by atoms with Gasteiger partial charge in [-0.25, -0.2) is 0 Å². The van der Waals surface area contributed by atoms with Crippen LogP contribution in [0.2, 0.25) is 0 Å². The summed E-state index contributed by atoms with van der Waals surface area (Å²) in [6, 6.07) is 1.73. The number of ketones is 1. The van der Waals surface area contributed by atoms with E-state index in [1.807, 2.05) is 0 Å². The molecule has 0 aliphatic rings. The Morgan fingerprint density at radius 1 is 1.69 bits per heavy atom. The molecule has 72 valence electrons. The number of carbonyl (C=O) groups is 1. The zero-order valence-corrected chi connectivity index (χ0v) is 7.58. The molecule has 4 heteroatoms. The molecule has 1 heterocycles. The summed E-state index contributed by atoms with van der Waals surface area (Å²) in [6.45, 7) is 0.730. The van der Waals surface area contributed by atoms with Gasteiger partial charge in [0, 0.05) is 19.1 Å². The van der Waals surface area contributed by atoms with Crippen molar-refractivity contribution in [3.8, 4) is 0 Å². The van der Waals surface area contributed by atoms with Crippen LogP contribution in [0.5, 0.6) is 0 Å². The maximum atomic E-state index is 11.4. The maximum absolute atomic E-state index is 11.4. The van der Waals surface area contributed by atoms with Crippen molar-refractivity contribution in [1.82, 2.24) is 0 Å². The number of carbonyl (C=O) groups excluding carboxylic acids is 1. The predicted molar refractivity (Wildman–Crippen MR) is 47.4 cm³/mol. The number of furan rings is 1. The standard InChI is InChI=1S/C9H13NO3/c1-12-6-7-3-5-13-9(7)8(11)2-4-10/h3,5H,2,4,6,10H2,1H3. The van der Waals surface area contributed by atoms with Gasteiger partial charge in [-0.1, -0.05) is 0 Å². The van der Waals surface area contributed by atoms with Crippen LogP contribution in [0.15, 0.2) is 16.7 Å². The molecule has 0 bridgehead atoms. The number of nitrogens with two attached hydrogens (primary N) is 1. The number of hydrogen-bond acceptors (Lipinski definition) is 4. The van der Waals surface area contributed by atoms with E-state index >= 15 is 0 Å². The molecular formula is C9H13NO3. The highest BCUT2D eigenvalue weighted by atomic mass is 16.5. The van der Waals surface area contributed by atoms with Crippen molar-refractivity contribution in [2.75, 3.05) is 13.7 Å². The monoisotopic (exact) mass is 183 g/mol. The Bertz CT molecular complexity index is 280. The molecule has 1 aromatic rings. The van der Waals surface area contributed by atoms with Gasteiger partial charge >= 0.3 is 0 Å². The molecule has 0 saturated heterocycles. The first-order valence-corrected chi connectivity index (χ1v) is 4.08. The lowest BCUT2D eigenvalue weighted by Gasteiger charge is -1.99. The van der Waals surface area contributed by atoms with Crippen LogP contribution in [0.3, 0.4) is 0 Å². The van der Waals surface area contributed by atoms with Crippen LogP contribution in [0.25, 0.3) is 0 Å². The summed E-state index contributed by atoms with van der Waals surface area (Å²) >= 11 is 0. The van der Waals surface area contributed by atoms with Gasteiger partial charge in [-0.05, 0) is 12.6 Å². The third-order valence-electron chi connectivity index (χ3n) is 1.67. The van der Waals surface area contributed by atoms with Gasteiger partial charge in [0.1, 0.15) is 0 Å². The molecule has 0 aliphatic carbocycles. The number of ether oxygens (including phenoxy) is 1. The third-order valence-corrected chi connectivity index (χ3v) is 1.67. The Labute approximate surface area is 76.7 Å². The second kappa shape index (κ2) is 4.79. The highest BCUT2D eigenvalue weighted by Gasteiger charge is 2.13. The topological polar surface area (TPSA) is 65.5 Å². The summed E-state index contributed by atoms with van der Waals surface area (Å²) < 4.78 is 9.96. The van der Waals surface area contributed by atoms with E-state index in [4.69, 9.17) is 14.9 Å². The van der Waals surface area contributed by atoms with Gasteiger partial charge in [-0.2, -0.15) is 0 Å². The van der Waals surface area contributed by atoms with Gasteiger partial charge in [-0.15, -0.1) is 0 Å². The number of Topliss-reactive ketones (excluding diaryl/α,β-unsaturated/α-hetero) is 1. The van der Waals surface area contributed by atoms with Crippen molar-refractivity contribution >= 4 is 5.78 Å². The van der Waals surface area contributed by atoms with Gasteiger partial charge in [-0.3, -0.25) is 4.79 Å². The molecule has 0 radical (unpaired) electrons. The van der Waals surface area contributed by atoms with E-state index in [1.54, 1.807) is 13.2 Å². The third kappa shape index (κ3) is 2.40. The molecule has 0 aromatic carbocycles. The van der Waals surface area contributed by atoms with Gasteiger partial charge in [0.2, 0.25) is 0 Å². The average molecular weight is 183 g/mol. The molecule has 0 fully saturated rings. The summed E-state index contributed by atoms with van der Waals surface area (Å²) in [5, 5.41) is 0. The lowest BCUT2D eigenvalue weighted by Crippen LogP contribution is -2.09. The molecule has 2 N–H and O–H groups in total. The second-order valence-corrected chi connectivity index (χ2v) is 2.67. The number of hydrogen-bond donors (Lipinski definition) is 1. The molecule has 0 atom stereocenters. The molecule has 13 heavy (non-hydrogen) atoms. The van der Waals surface area contributed by atoms with E-state index in [2.05, 4.69) is 0 Å². The van der Waals surface area contributed by atoms with Crippen molar-refractivity contribution in [2.45, 2.75) is 13.0 Å². The van der Waals surface area contributed by atoms with Crippen LogP contribution in [-0.4, -0.2) is 19.4 Å². The van der Waals surface area contributed by atoms with E-state index in [9.17, 15) is 4.79 Å². The average Bonchev–Trinajstić information content (AvgIpc) is 2.54. The smallest absolute Gasteiger partial charge is 0.199 e. The fourth-order valence-corrected chi connectivity index (χ4v) is 1.09. The summed E-state index contributed by atoms with van der Waals surface area (Å²) in [5.41, 5.74) is 6.04. The molecule has 1 rings (SSSR count). The van der Waals surface area contributed by atoms with Crippen molar-refractivity contribution in [2.24, 2.45) is 5.73 Å². The molecule has 1 aromatic heterocycles. The van der Waals surface area contributed by atoms with Crippen LogP contribution >= 0.6 is 0 Å². The largest absolute Gasteiger partial charge is 0.461 e. The Morgan fingerprint density at radius 2 is 2.46 bits per heavy atom. The molecule has 4 nitrogen and oxygen atoms in total. The first-order valence-electron chi connectivity index (χ1n) is 4.08. The minimum Gasteiger partial charge on any atom is -0.461 e. The van der Waals surface area contributed by atoms with Crippen molar-refractivity contribution in [3.63, 3.8) is 0 Å². The lowest BCUT2D eigenvalue weighted by molar-refractivity contribution is 0.0952. The lowest BCUT2D eigenvalue weighted by atomic mass is 10.1. The summed E-state index contributed by atoms with van der Waals surface area (Å²) in [7, 11) is 1.57. The fraction of sp³-hybridized carbons (Fsp3) is 0.444. The van der Waals surface area contributed by atoms with E-state index in [0.717, 1.165) is 5.56 Å². The first kappa shape index (κ1) is 9.95. The molecular weight excluding hydrogens is 170 g/mol. The van der Waals surface area contributed by atoms with E-state index in [-0.39, 0.29) is 5.78 Å². The number of methoxy groups -OCH3 is 1. The van der Waals surface area contributed by atoms with Crippen LogP contribution in [0.4, 0.5) is 0 Å². The van der Waals surface area contributed by atoms with Crippen molar-refractivity contribution in [1.29, 1.82) is 0 Å². The molecule has 0 saturated carbocycles. The molecule has 0 unspecified atom stereocenters. The predicted octanol–water partition coefficient (Wildman–Crippen LogP) is 0.958. The van der Waals surface area contributed by atoms with Crippen LogP contribution < -0.4 is 5.73 Å². The van der Waals surface area contributed by atoms with E-state index < -0.39 is 0 Å². The van der Waals surface area contributed by atoms with Crippen LogP contribution in [0.1, 0.15) is 22.5 Å². The summed E-state index contributed by atoms with van der Waals surface area (Å²) in [4.78, 5) is 11.4. The Morgan fingerprint density at radius 3 is 3.08 bits per heavy atom. The molecule has 0 spiro atoms. The Hall–Kier alpha value is -1.13. The number of rotatable bonds is 5. The van der Waals surface area contributed by atoms with E-state index in [0.29, 0.717) is 25.3 Å². The minimum absolute atomic E-state index is 0.0699. The molecule has 0 amide bonds. The van der Waals surface area contributed by atoms with Crippen LogP contribution in [-0.2, 0) is 11.3 Å². The maximum Gasteiger partial charge on any atom is 0.199 e. The Kier molecular flexibility index (Phi) is 3.67. The Balaban J connectivity index is 2.74. The fourth-order valence-electron chi connectivity index (χ4n) is 1.09. The van der Waals surface area contributed by atoms with Crippen LogP contribution in [0, 0.1) is 0 Å². The zero-order valence-electron chi connectivity index (χ0n) is 7.58. The van der Waals surface area contributed by atoms with Gasteiger partial charge in [0.05, 0.1) is 12.9 Å². The van der Waals surface area contributed by atoms with Crippen molar-refractivity contribution < 1.29 is 13.9 Å². The summed E-state index contributed by atoms with van der Waals surface area (Å²) in [5.74, 6) is 0.298. The zero-order chi connectivity index (χ0) is 9.68. The highest BCUT2D eigenvalue weighted by Crippen LogP contribution is 2.13. The van der Waals surface area contributed by atoms with E-state index in [1.165, 1.54) is 6.26 Å².